The SMILES string of the molecule is Cc1cccc(OC[C@@]2(O)CCN(CC(=O)Nc3ccccn3)C2)c1. The molecule has 0 unspecified atom stereocenters. The summed E-state index contributed by atoms with van der Waals surface area (Å²) in [5.41, 5.74) is 0.179. The van der Waals surface area contributed by atoms with Crippen molar-refractivity contribution in [2.45, 2.75) is 18.9 Å². The number of aromatic nitrogens is 1. The van der Waals surface area contributed by atoms with Gasteiger partial charge in [0.1, 0.15) is 23.8 Å². The summed E-state index contributed by atoms with van der Waals surface area (Å²) in [4.78, 5) is 18.1. The first-order valence-electron chi connectivity index (χ1n) is 8.38. The van der Waals surface area contributed by atoms with Crippen molar-refractivity contribution in [2.75, 3.05) is 31.6 Å². The zero-order valence-corrected chi connectivity index (χ0v) is 14.3. The average molecular weight is 341 g/mol. The van der Waals surface area contributed by atoms with Crippen LogP contribution >= 0.6 is 0 Å². The number of pyridine rings is 1. The lowest BCUT2D eigenvalue weighted by Crippen LogP contribution is -2.41. The minimum atomic E-state index is -0.935. The monoisotopic (exact) mass is 341 g/mol. The number of ether oxygens (including phenoxy) is 1. The van der Waals surface area contributed by atoms with Gasteiger partial charge < -0.3 is 15.2 Å². The Morgan fingerprint density at radius 2 is 2.24 bits per heavy atom. The predicted molar refractivity (Wildman–Crippen MR) is 95.5 cm³/mol. The molecule has 2 heterocycles. The molecule has 2 N–H and O–H groups in total. The summed E-state index contributed by atoms with van der Waals surface area (Å²) in [5.74, 6) is 1.15. The minimum absolute atomic E-state index is 0.137. The Morgan fingerprint density at radius 3 is 3.00 bits per heavy atom. The van der Waals surface area contributed by atoms with Crippen molar-refractivity contribution < 1.29 is 14.6 Å². The van der Waals surface area contributed by atoms with Gasteiger partial charge in [-0.2, -0.15) is 0 Å². The molecule has 1 saturated heterocycles. The molecule has 25 heavy (non-hydrogen) atoms. The van der Waals surface area contributed by atoms with Gasteiger partial charge in [0.2, 0.25) is 5.91 Å². The van der Waals surface area contributed by atoms with Crippen molar-refractivity contribution in [1.29, 1.82) is 0 Å². The predicted octanol–water partition coefficient (Wildman–Crippen LogP) is 1.84. The number of carbonyl (C=O) groups is 1. The second kappa shape index (κ2) is 7.63. The van der Waals surface area contributed by atoms with Gasteiger partial charge in [-0.25, -0.2) is 4.98 Å². The third kappa shape index (κ3) is 5.01. The first-order valence-corrected chi connectivity index (χ1v) is 8.38. The Bertz CT molecular complexity index is 723. The zero-order chi connectivity index (χ0) is 17.7. The Hall–Kier alpha value is -2.44. The van der Waals surface area contributed by atoms with Crippen LogP contribution in [0.1, 0.15) is 12.0 Å². The molecule has 0 radical (unpaired) electrons. The lowest BCUT2D eigenvalue weighted by Gasteiger charge is -2.23. The molecule has 0 aliphatic carbocycles. The van der Waals surface area contributed by atoms with Crippen LogP contribution in [0.5, 0.6) is 5.75 Å². The molecule has 6 heteroatoms. The van der Waals surface area contributed by atoms with Crippen molar-refractivity contribution in [1.82, 2.24) is 9.88 Å². The highest BCUT2D eigenvalue weighted by molar-refractivity contribution is 5.91. The van der Waals surface area contributed by atoms with E-state index >= 15 is 0 Å². The fraction of sp³-hybridized carbons (Fsp3) is 0.368. The molecular weight excluding hydrogens is 318 g/mol. The van der Waals surface area contributed by atoms with E-state index in [0.717, 1.165) is 11.3 Å². The number of carbonyl (C=O) groups excluding carboxylic acids is 1. The van der Waals surface area contributed by atoms with E-state index in [2.05, 4.69) is 10.3 Å². The zero-order valence-electron chi connectivity index (χ0n) is 14.3. The third-order valence-electron chi connectivity index (χ3n) is 4.21. The molecule has 1 aromatic heterocycles. The Balaban J connectivity index is 1.47. The number of β-amino-alcohol motifs (C(OH)–C–C–N with tert-alkyl or cyclic N) is 1. The molecule has 1 aliphatic heterocycles. The summed E-state index contributed by atoms with van der Waals surface area (Å²) in [6, 6.07) is 13.1. The van der Waals surface area contributed by atoms with Gasteiger partial charge in [0, 0.05) is 19.3 Å². The maximum Gasteiger partial charge on any atom is 0.239 e. The first kappa shape index (κ1) is 17.4. The minimum Gasteiger partial charge on any atom is -0.491 e. The van der Waals surface area contributed by atoms with Crippen molar-refractivity contribution in [3.8, 4) is 5.75 Å². The van der Waals surface area contributed by atoms with Gasteiger partial charge in [0.25, 0.3) is 0 Å². The fourth-order valence-corrected chi connectivity index (χ4v) is 2.94. The van der Waals surface area contributed by atoms with E-state index in [-0.39, 0.29) is 19.1 Å². The number of hydrogen-bond donors (Lipinski definition) is 2. The number of nitrogens with zero attached hydrogens (tertiary/aromatic N) is 2. The molecule has 1 aromatic carbocycles. The number of nitrogens with one attached hydrogen (secondary N) is 1. The van der Waals surface area contributed by atoms with Gasteiger partial charge in [-0.05, 0) is 43.2 Å². The number of benzene rings is 1. The van der Waals surface area contributed by atoms with Crippen molar-refractivity contribution in [3.05, 3.63) is 54.2 Å². The maximum atomic E-state index is 12.1. The summed E-state index contributed by atoms with van der Waals surface area (Å²) in [7, 11) is 0. The number of aliphatic hydroxyl groups is 1. The van der Waals surface area contributed by atoms with E-state index in [4.69, 9.17) is 4.74 Å². The van der Waals surface area contributed by atoms with Crippen LogP contribution in [-0.2, 0) is 4.79 Å². The molecule has 2 aromatic rings. The molecule has 1 atom stereocenters. The van der Waals surface area contributed by atoms with E-state index in [1.807, 2.05) is 42.2 Å². The van der Waals surface area contributed by atoms with Gasteiger partial charge in [-0.1, -0.05) is 18.2 Å². The lowest BCUT2D eigenvalue weighted by atomic mass is 10.1. The normalized spacial score (nSPS) is 20.4. The van der Waals surface area contributed by atoms with Crippen LogP contribution in [0.2, 0.25) is 0 Å². The summed E-state index contributed by atoms with van der Waals surface area (Å²) in [6.45, 7) is 3.51. The van der Waals surface area contributed by atoms with Crippen LogP contribution in [-0.4, -0.2) is 52.7 Å². The number of aryl methyl sites for hydroxylation is 1. The van der Waals surface area contributed by atoms with E-state index < -0.39 is 5.60 Å². The fourth-order valence-electron chi connectivity index (χ4n) is 2.94. The van der Waals surface area contributed by atoms with Crippen LogP contribution < -0.4 is 10.1 Å². The van der Waals surface area contributed by atoms with E-state index in [9.17, 15) is 9.90 Å². The average Bonchev–Trinajstić information content (AvgIpc) is 2.95. The van der Waals surface area contributed by atoms with E-state index in [1.165, 1.54) is 0 Å². The molecule has 1 aliphatic rings. The number of anilines is 1. The molecule has 6 nitrogen and oxygen atoms in total. The Morgan fingerprint density at radius 1 is 1.36 bits per heavy atom. The Kier molecular flexibility index (Phi) is 5.31. The highest BCUT2D eigenvalue weighted by Crippen LogP contribution is 2.23. The standard InChI is InChI=1S/C19H23N3O3/c1-15-5-4-6-16(11-15)25-14-19(24)8-10-22(13-19)12-18(23)21-17-7-2-3-9-20-17/h2-7,9,11,24H,8,10,12-14H2,1H3,(H,20,21,23)/t19-/m1/s1. The lowest BCUT2D eigenvalue weighted by molar-refractivity contribution is -0.117. The highest BCUT2D eigenvalue weighted by atomic mass is 16.5. The van der Waals surface area contributed by atoms with Crippen LogP contribution in [0, 0.1) is 6.92 Å². The highest BCUT2D eigenvalue weighted by Gasteiger charge is 2.37. The summed E-state index contributed by atoms with van der Waals surface area (Å²) in [5, 5.41) is 13.4. The molecule has 0 spiro atoms. The molecule has 132 valence electrons. The van der Waals surface area contributed by atoms with Crippen LogP contribution in [0.15, 0.2) is 48.7 Å². The molecule has 0 bridgehead atoms. The van der Waals surface area contributed by atoms with Gasteiger partial charge >= 0.3 is 0 Å². The van der Waals surface area contributed by atoms with Crippen LogP contribution in [0.3, 0.4) is 0 Å². The summed E-state index contributed by atoms with van der Waals surface area (Å²) < 4.78 is 5.74. The topological polar surface area (TPSA) is 74.7 Å². The maximum absolute atomic E-state index is 12.1. The second-order valence-electron chi connectivity index (χ2n) is 6.55. The number of likely N-dealkylation sites (tertiary alicyclic amines) is 1. The van der Waals surface area contributed by atoms with Crippen molar-refractivity contribution >= 4 is 11.7 Å². The molecule has 1 fully saturated rings. The van der Waals surface area contributed by atoms with Gasteiger partial charge in [0.05, 0.1) is 6.54 Å². The molecule has 3 rings (SSSR count). The van der Waals surface area contributed by atoms with E-state index in [1.54, 1.807) is 18.3 Å². The number of amides is 1. The Labute approximate surface area is 147 Å². The van der Waals surface area contributed by atoms with Crippen LogP contribution in [0.25, 0.3) is 0 Å². The quantitative estimate of drug-likeness (QED) is 0.839. The number of hydrogen-bond acceptors (Lipinski definition) is 5. The summed E-state index contributed by atoms with van der Waals surface area (Å²) >= 11 is 0. The number of rotatable bonds is 6. The van der Waals surface area contributed by atoms with Gasteiger partial charge in [0.15, 0.2) is 0 Å². The molecular formula is C19H23N3O3. The summed E-state index contributed by atoms with van der Waals surface area (Å²) in [6.07, 6.45) is 2.21. The molecule has 1 amide bonds. The smallest absolute Gasteiger partial charge is 0.239 e. The van der Waals surface area contributed by atoms with E-state index in [0.29, 0.717) is 25.3 Å². The van der Waals surface area contributed by atoms with Gasteiger partial charge in [-0.15, -0.1) is 0 Å². The molecule has 0 saturated carbocycles. The van der Waals surface area contributed by atoms with Gasteiger partial charge in [-0.3, -0.25) is 9.69 Å². The van der Waals surface area contributed by atoms with Crippen molar-refractivity contribution in [3.63, 3.8) is 0 Å². The largest absolute Gasteiger partial charge is 0.491 e. The first-order chi connectivity index (χ1) is 12.0. The van der Waals surface area contributed by atoms with Crippen molar-refractivity contribution in [2.24, 2.45) is 0 Å². The van der Waals surface area contributed by atoms with Crippen LogP contribution in [0.4, 0.5) is 5.82 Å². The second-order valence-corrected chi connectivity index (χ2v) is 6.55. The third-order valence-corrected chi connectivity index (χ3v) is 4.21.